The zero-order chi connectivity index (χ0) is 17.2. The van der Waals surface area contributed by atoms with Gasteiger partial charge in [-0.05, 0) is 38.3 Å². The van der Waals surface area contributed by atoms with E-state index in [1.165, 1.54) is 0 Å². The van der Waals surface area contributed by atoms with Gasteiger partial charge in [0.1, 0.15) is 0 Å². The van der Waals surface area contributed by atoms with Crippen LogP contribution in [0.3, 0.4) is 0 Å². The van der Waals surface area contributed by atoms with Crippen LogP contribution in [0.25, 0.3) is 0 Å². The lowest BCUT2D eigenvalue weighted by Gasteiger charge is -2.34. The summed E-state index contributed by atoms with van der Waals surface area (Å²) in [6.07, 6.45) is 8.60. The van der Waals surface area contributed by atoms with Crippen molar-refractivity contribution in [3.63, 3.8) is 0 Å². The van der Waals surface area contributed by atoms with Gasteiger partial charge in [0.05, 0.1) is 10.1 Å². The lowest BCUT2D eigenvalue weighted by atomic mass is 9.94. The zero-order valence-corrected chi connectivity index (χ0v) is 15.0. The van der Waals surface area contributed by atoms with Crippen molar-refractivity contribution in [1.29, 1.82) is 0 Å². The normalized spacial score (nSPS) is 30.6. The van der Waals surface area contributed by atoms with E-state index in [1.807, 2.05) is 25.1 Å². The number of aliphatic hydroxyl groups is 1. The highest BCUT2D eigenvalue weighted by molar-refractivity contribution is 7.92. The minimum Gasteiger partial charge on any atom is -0.396 e. The summed E-state index contributed by atoms with van der Waals surface area (Å²) in [4.78, 5) is 0.432. The van der Waals surface area contributed by atoms with E-state index in [0.29, 0.717) is 11.3 Å². The summed E-state index contributed by atoms with van der Waals surface area (Å²) in [5, 5.41) is 12.4. The Labute approximate surface area is 144 Å². The maximum atomic E-state index is 13.1. The van der Waals surface area contributed by atoms with Crippen LogP contribution in [0, 0.1) is 12.8 Å². The van der Waals surface area contributed by atoms with E-state index in [1.54, 1.807) is 12.1 Å². The van der Waals surface area contributed by atoms with E-state index in [9.17, 15) is 13.5 Å². The second kappa shape index (κ2) is 7.38. The van der Waals surface area contributed by atoms with Crippen LogP contribution in [0.15, 0.2) is 41.3 Å². The van der Waals surface area contributed by atoms with Crippen LogP contribution in [-0.4, -0.2) is 37.5 Å². The second-order valence-electron chi connectivity index (χ2n) is 7.12. The van der Waals surface area contributed by atoms with E-state index in [2.05, 4.69) is 11.4 Å². The van der Waals surface area contributed by atoms with Crippen molar-refractivity contribution >= 4 is 9.84 Å². The van der Waals surface area contributed by atoms with Crippen LogP contribution in [-0.2, 0) is 9.84 Å². The van der Waals surface area contributed by atoms with Gasteiger partial charge in [0, 0.05) is 24.6 Å². The molecular formula is C19H27NO3S. The third kappa shape index (κ3) is 3.73. The van der Waals surface area contributed by atoms with Gasteiger partial charge in [-0.2, -0.15) is 0 Å². The average Bonchev–Trinajstić information content (AvgIpc) is 3.03. The van der Waals surface area contributed by atoms with E-state index in [4.69, 9.17) is 0 Å². The molecule has 1 aromatic rings. The third-order valence-electron chi connectivity index (χ3n) is 5.29. The van der Waals surface area contributed by atoms with Gasteiger partial charge < -0.3 is 10.4 Å². The Morgan fingerprint density at radius 1 is 1.12 bits per heavy atom. The van der Waals surface area contributed by atoms with Crippen LogP contribution < -0.4 is 5.32 Å². The van der Waals surface area contributed by atoms with Crippen LogP contribution in [0.5, 0.6) is 0 Å². The first kappa shape index (κ1) is 17.6. The van der Waals surface area contributed by atoms with E-state index in [-0.39, 0.29) is 29.9 Å². The number of benzene rings is 1. The molecule has 5 heteroatoms. The SMILES string of the molecule is Cc1ccc(S(=O)(=O)[C@H]2CCCC[C@H]2N[C@@H]2C=C[C@H](CO)C2)cc1. The van der Waals surface area contributed by atoms with Gasteiger partial charge in [0.2, 0.25) is 0 Å². The Hall–Kier alpha value is -1.17. The molecule has 2 aliphatic carbocycles. The van der Waals surface area contributed by atoms with Crippen LogP contribution in [0.2, 0.25) is 0 Å². The summed E-state index contributed by atoms with van der Waals surface area (Å²) in [6.45, 7) is 2.12. The Kier molecular flexibility index (Phi) is 5.42. The lowest BCUT2D eigenvalue weighted by Crippen LogP contribution is -2.49. The number of aliphatic hydroxyl groups excluding tert-OH is 1. The molecule has 24 heavy (non-hydrogen) atoms. The van der Waals surface area contributed by atoms with Crippen molar-refractivity contribution < 1.29 is 13.5 Å². The van der Waals surface area contributed by atoms with Crippen molar-refractivity contribution in [1.82, 2.24) is 5.32 Å². The molecule has 1 fully saturated rings. The molecule has 0 spiro atoms. The van der Waals surface area contributed by atoms with Gasteiger partial charge in [0.25, 0.3) is 0 Å². The minimum absolute atomic E-state index is 0.0165. The lowest BCUT2D eigenvalue weighted by molar-refractivity contribution is 0.242. The summed E-state index contributed by atoms with van der Waals surface area (Å²) < 4.78 is 26.2. The number of nitrogens with one attached hydrogen (secondary N) is 1. The fourth-order valence-corrected chi connectivity index (χ4v) is 5.86. The highest BCUT2D eigenvalue weighted by Gasteiger charge is 2.37. The second-order valence-corrected chi connectivity index (χ2v) is 9.29. The Bertz CT molecular complexity index is 681. The van der Waals surface area contributed by atoms with E-state index < -0.39 is 9.84 Å². The molecule has 4 atom stereocenters. The molecule has 2 aliphatic rings. The first-order valence-electron chi connectivity index (χ1n) is 8.86. The Morgan fingerprint density at radius 3 is 2.50 bits per heavy atom. The Morgan fingerprint density at radius 2 is 1.83 bits per heavy atom. The summed E-state index contributed by atoms with van der Waals surface area (Å²) in [5.41, 5.74) is 1.07. The van der Waals surface area contributed by atoms with Gasteiger partial charge in [-0.1, -0.05) is 42.7 Å². The summed E-state index contributed by atoms with van der Waals surface area (Å²) >= 11 is 0. The first-order chi connectivity index (χ1) is 11.5. The molecule has 4 nitrogen and oxygen atoms in total. The standard InChI is InChI=1S/C19H27NO3S/c1-14-6-10-17(11-7-14)24(22,23)19-5-3-2-4-18(19)20-16-9-8-15(12-16)13-21/h6-11,15-16,18-21H,2-5,12-13H2,1H3/t15-,16+,18+,19-/m0/s1. The quantitative estimate of drug-likeness (QED) is 0.802. The van der Waals surface area contributed by atoms with Crippen molar-refractivity contribution in [2.45, 2.75) is 61.3 Å². The summed E-state index contributed by atoms with van der Waals surface area (Å²) in [6, 6.07) is 7.34. The number of aryl methyl sites for hydroxylation is 1. The molecule has 0 aromatic heterocycles. The van der Waals surface area contributed by atoms with Crippen molar-refractivity contribution in [2.75, 3.05) is 6.61 Å². The van der Waals surface area contributed by atoms with Crippen molar-refractivity contribution in [3.05, 3.63) is 42.0 Å². The van der Waals surface area contributed by atoms with Crippen molar-refractivity contribution in [3.8, 4) is 0 Å². The van der Waals surface area contributed by atoms with Gasteiger partial charge in [-0.25, -0.2) is 8.42 Å². The van der Waals surface area contributed by atoms with Gasteiger partial charge >= 0.3 is 0 Å². The molecule has 0 aliphatic heterocycles. The molecule has 0 heterocycles. The number of sulfone groups is 1. The van der Waals surface area contributed by atoms with Gasteiger partial charge in [0.15, 0.2) is 9.84 Å². The predicted molar refractivity (Wildman–Crippen MR) is 95.7 cm³/mol. The van der Waals surface area contributed by atoms with E-state index >= 15 is 0 Å². The predicted octanol–water partition coefficient (Wildman–Crippen LogP) is 2.61. The van der Waals surface area contributed by atoms with Crippen LogP contribution in [0.4, 0.5) is 0 Å². The molecule has 132 valence electrons. The molecule has 0 amide bonds. The molecule has 0 unspecified atom stereocenters. The molecule has 1 saturated carbocycles. The highest BCUT2D eigenvalue weighted by atomic mass is 32.2. The molecule has 0 radical (unpaired) electrons. The number of hydrogen-bond acceptors (Lipinski definition) is 4. The molecular weight excluding hydrogens is 322 g/mol. The maximum Gasteiger partial charge on any atom is 0.182 e. The van der Waals surface area contributed by atoms with Gasteiger partial charge in [-0.3, -0.25) is 0 Å². The fourth-order valence-electron chi connectivity index (χ4n) is 3.87. The smallest absolute Gasteiger partial charge is 0.182 e. The molecule has 2 N–H and O–H groups in total. The molecule has 0 saturated heterocycles. The maximum absolute atomic E-state index is 13.1. The fraction of sp³-hybridized carbons (Fsp3) is 0.579. The Balaban J connectivity index is 1.76. The highest BCUT2D eigenvalue weighted by Crippen LogP contribution is 2.30. The molecule has 0 bridgehead atoms. The number of rotatable bonds is 5. The molecule has 1 aromatic carbocycles. The summed E-state index contributed by atoms with van der Waals surface area (Å²) in [5.74, 6) is 0.193. The monoisotopic (exact) mass is 349 g/mol. The van der Waals surface area contributed by atoms with Gasteiger partial charge in [-0.15, -0.1) is 0 Å². The first-order valence-corrected chi connectivity index (χ1v) is 10.4. The van der Waals surface area contributed by atoms with Crippen LogP contribution >= 0.6 is 0 Å². The number of hydrogen-bond donors (Lipinski definition) is 2. The largest absolute Gasteiger partial charge is 0.396 e. The molecule has 3 rings (SSSR count). The van der Waals surface area contributed by atoms with Crippen LogP contribution in [0.1, 0.15) is 37.7 Å². The summed E-state index contributed by atoms with van der Waals surface area (Å²) in [7, 11) is -3.32. The van der Waals surface area contributed by atoms with Crippen molar-refractivity contribution in [2.24, 2.45) is 5.92 Å². The topological polar surface area (TPSA) is 66.4 Å². The third-order valence-corrected chi connectivity index (χ3v) is 7.58. The zero-order valence-electron chi connectivity index (χ0n) is 14.2. The average molecular weight is 349 g/mol. The minimum atomic E-state index is -3.32. The van der Waals surface area contributed by atoms with E-state index in [0.717, 1.165) is 31.2 Å².